The highest BCUT2D eigenvalue weighted by atomic mass is 16.6. The minimum Gasteiger partial charge on any atom is -0.481 e. The molecule has 0 saturated heterocycles. The third-order valence-electron chi connectivity index (χ3n) is 29.3. The van der Waals surface area contributed by atoms with Gasteiger partial charge in [-0.1, -0.05) is 182 Å². The van der Waals surface area contributed by atoms with E-state index in [1.54, 1.807) is 0 Å². The zero-order valence-electron chi connectivity index (χ0n) is 81.4. The van der Waals surface area contributed by atoms with Crippen LogP contribution in [0.25, 0.3) is 0 Å². The van der Waals surface area contributed by atoms with E-state index in [2.05, 4.69) is 10.6 Å². The van der Waals surface area contributed by atoms with E-state index < -0.39 is 105 Å². The van der Waals surface area contributed by atoms with Crippen LogP contribution in [0.3, 0.4) is 0 Å². The summed E-state index contributed by atoms with van der Waals surface area (Å²) < 4.78 is 75.9. The Hall–Kier alpha value is -15.1. The summed E-state index contributed by atoms with van der Waals surface area (Å²) >= 11 is 0. The predicted octanol–water partition coefficient (Wildman–Crippen LogP) is 19.4. The highest BCUT2D eigenvalue weighted by Crippen LogP contribution is 2.78. The normalized spacial score (nSPS) is 21.7. The molecule has 8 saturated carbocycles. The zero-order chi connectivity index (χ0) is 102. The Morgan fingerprint density at radius 1 is 0.269 bits per heavy atom. The quantitative estimate of drug-likeness (QED) is 0.0236. The smallest absolute Gasteiger partial charge is 0.306 e. The van der Waals surface area contributed by atoms with Crippen molar-refractivity contribution in [3.8, 4) is 34.5 Å². The van der Waals surface area contributed by atoms with Crippen LogP contribution in [0.15, 0.2) is 311 Å². The molecule has 8 bridgehead atoms. The molecule has 2 amide bonds. The summed E-state index contributed by atoms with van der Waals surface area (Å²) in [6.07, 6.45) is 16.7. The number of carbonyl (C=O) groups is 7. The second-order valence-electron chi connectivity index (χ2n) is 41.8. The van der Waals surface area contributed by atoms with Crippen molar-refractivity contribution in [2.24, 2.45) is 49.1 Å². The average Bonchev–Trinajstić information content (AvgIpc) is 0.688. The third-order valence-corrected chi connectivity index (χ3v) is 29.3. The Labute approximate surface area is 835 Å². The molecule has 12 aromatic rings. The fourth-order valence-electron chi connectivity index (χ4n) is 25.1. The highest BCUT2D eigenvalue weighted by Gasteiger charge is 2.69. The fourth-order valence-corrected chi connectivity index (χ4v) is 25.1. The van der Waals surface area contributed by atoms with Gasteiger partial charge in [0.25, 0.3) is 11.8 Å². The summed E-state index contributed by atoms with van der Waals surface area (Å²) in [6, 6.07) is 62.9. The lowest BCUT2D eigenvalue weighted by atomic mass is 9.33. The van der Waals surface area contributed by atoms with Crippen molar-refractivity contribution in [1.29, 1.82) is 0 Å². The minimum absolute atomic E-state index is 0.0164. The molecule has 0 radical (unpaired) electrons. The third kappa shape index (κ3) is 24.2. The molecule has 4 N–H and O–H groups in total. The Bertz CT molecular complexity index is 6430. The molecule has 29 heteroatoms. The Morgan fingerprint density at radius 3 is 0.683 bits per heavy atom. The van der Waals surface area contributed by atoms with Crippen LogP contribution < -0.4 is 77.4 Å². The lowest BCUT2D eigenvalue weighted by Crippen LogP contribution is -2.65. The maximum Gasteiger partial charge on any atom is 0.306 e. The van der Waals surface area contributed by atoms with Gasteiger partial charge < -0.3 is 76.0 Å². The first-order chi connectivity index (χ1) is 69.8. The van der Waals surface area contributed by atoms with E-state index in [0.717, 1.165) is 39.6 Å². The number of carbonyl (C=O) groups excluding carboxylic acids is 7. The lowest BCUT2D eigenvalue weighted by Gasteiger charge is -2.71. The molecule has 6 heterocycles. The Balaban J connectivity index is 0.000000200. The standard InChI is InChI=1S/C61H63NO14.C55H54N2O12/c1-57(2,3)76-49(68)21-27-60-35-58(25-19-44(63)50-52(46(65)22-28-70-50)73-31-41-13-7-4-8-14-41)34-59(36-60,26-20-45(64)51-53(47(66)23-29-71-51)74-32-42-15-9-5-10-16-42)38-61(37-58,39-60)40-62-56(69)55-54(48(67)24-30-72-55)75-33-43-17-11-6-12-18-43;56-35-54-30-52(21-16-40(58)45-47(42(60)18-23-64-45)67-26-37-10-4-1-5-11-37)29-53(31-54,22-17-41(59)46-48(43(61)19-24-65-46)68-27-38-12-6-2-7-13-38)33-55(32-52,34-54)36-57-51(63)50-49(44(62)20-25-66-50)69-28-39-14-8-3-9-15-39/h4-18,22-24,28-30H,19-21,25-27,31-40H2,1-3H3,(H,62,69);1-15,18-20,23-25H,16-17,21-22,26-36,56H2,(H,57,63)/t58-,59+,60?,61?;52-,53+,54?,55?. The Morgan fingerprint density at radius 2 is 0.462 bits per heavy atom. The van der Waals surface area contributed by atoms with Crippen LogP contribution in [0.2, 0.25) is 0 Å². The van der Waals surface area contributed by atoms with Gasteiger partial charge in [-0.25, -0.2) is 0 Å². The SMILES string of the molecule is CC(C)(C)OC(=O)CCC12CC3(CNC(=O)c4occc(=O)c4OCc4ccccc4)C[C@](CCC(=O)c4occc(=O)c4OCc4ccccc4)(C1)C[C@](CCC(=O)c1occc(=O)c1OCc1ccccc1)(C2)C3.NCC12CC3(CNC(=O)c4occc(=O)c4OCc4ccccc4)C[C@](CCC(=O)c4occc(=O)c4OCc4ccccc4)(C1)C[C@](CCC(=O)c1occc(=O)c1OCc1ccccc1)(C2)C3. The number of ether oxygens (including phenoxy) is 7. The number of nitrogens with two attached hydrogens (primary N) is 1. The monoisotopic (exact) mass is 1970 g/mol. The van der Waals surface area contributed by atoms with E-state index in [1.807, 2.05) is 203 Å². The number of Topliss-reactive ketones (excluding diaryl/α,β-unsaturated/α-hetero) is 4. The number of nitrogens with one attached hydrogen (secondary N) is 2. The first-order valence-electron chi connectivity index (χ1n) is 49.2. The highest BCUT2D eigenvalue weighted by molar-refractivity contribution is 5.98. The maximum atomic E-state index is 14.5. The van der Waals surface area contributed by atoms with Crippen molar-refractivity contribution >= 4 is 40.9 Å². The van der Waals surface area contributed by atoms with E-state index in [-0.39, 0.29) is 171 Å². The molecule has 8 aliphatic carbocycles. The van der Waals surface area contributed by atoms with Gasteiger partial charge in [-0.2, -0.15) is 0 Å². The van der Waals surface area contributed by atoms with Crippen LogP contribution in [-0.2, 0) is 49.2 Å². The van der Waals surface area contributed by atoms with Crippen LogP contribution in [0.5, 0.6) is 34.5 Å². The summed E-state index contributed by atoms with van der Waals surface area (Å²) in [4.78, 5) is 179. The van der Waals surface area contributed by atoms with Gasteiger partial charge in [-0.05, 0) is 213 Å². The molecular formula is C116H117N3O26. The molecule has 8 aliphatic rings. The molecule has 0 aliphatic heterocycles. The van der Waals surface area contributed by atoms with E-state index in [4.69, 9.17) is 65.4 Å². The molecule has 6 aromatic carbocycles. The van der Waals surface area contributed by atoms with Crippen LogP contribution in [-0.4, -0.2) is 66.2 Å². The van der Waals surface area contributed by atoms with E-state index in [9.17, 15) is 62.3 Å². The molecule has 4 unspecified atom stereocenters. The van der Waals surface area contributed by atoms with Crippen molar-refractivity contribution in [3.63, 3.8) is 0 Å². The van der Waals surface area contributed by atoms with Crippen LogP contribution in [0, 0.1) is 43.3 Å². The number of ketones is 4. The minimum atomic E-state index is -0.727. The van der Waals surface area contributed by atoms with Crippen LogP contribution >= 0.6 is 0 Å². The van der Waals surface area contributed by atoms with Crippen molar-refractivity contribution in [2.75, 3.05) is 19.6 Å². The lowest BCUT2D eigenvalue weighted by molar-refractivity contribution is -0.208. The zero-order valence-corrected chi connectivity index (χ0v) is 81.4. The first-order valence-corrected chi connectivity index (χ1v) is 49.2. The van der Waals surface area contributed by atoms with Gasteiger partial charge in [-0.3, -0.25) is 62.3 Å². The van der Waals surface area contributed by atoms with Gasteiger partial charge in [0.2, 0.25) is 125 Å². The fraction of sp³-hybridized carbons (Fsp3) is 0.371. The van der Waals surface area contributed by atoms with Crippen LogP contribution in [0.4, 0.5) is 0 Å². The van der Waals surface area contributed by atoms with E-state index >= 15 is 0 Å². The van der Waals surface area contributed by atoms with Crippen molar-refractivity contribution in [1.82, 2.24) is 10.6 Å². The van der Waals surface area contributed by atoms with Crippen molar-refractivity contribution in [3.05, 3.63) is 385 Å². The van der Waals surface area contributed by atoms with E-state index in [0.29, 0.717) is 116 Å². The largest absolute Gasteiger partial charge is 0.481 e. The topological polar surface area (TPSA) is 415 Å². The second kappa shape index (κ2) is 43.6. The summed E-state index contributed by atoms with van der Waals surface area (Å²) in [5, 5.41) is 6.23. The predicted molar refractivity (Wildman–Crippen MR) is 532 cm³/mol. The Kier molecular flexibility index (Phi) is 30.5. The van der Waals surface area contributed by atoms with E-state index in [1.165, 1.54) is 67.7 Å². The average molecular weight is 1970 g/mol. The number of rotatable bonds is 44. The molecular weight excluding hydrogens is 1850 g/mol. The molecule has 145 heavy (non-hydrogen) atoms. The van der Waals surface area contributed by atoms with Gasteiger partial charge in [0, 0.05) is 81.6 Å². The van der Waals surface area contributed by atoms with Gasteiger partial charge in [0.1, 0.15) is 45.2 Å². The summed E-state index contributed by atoms with van der Waals surface area (Å²) in [5.41, 5.74) is 3.62. The molecule has 752 valence electrons. The molecule has 20 rings (SSSR count). The molecule has 0 spiro atoms. The van der Waals surface area contributed by atoms with Crippen molar-refractivity contribution < 1.29 is 93.2 Å². The molecule has 8 fully saturated rings. The number of esters is 1. The van der Waals surface area contributed by atoms with Gasteiger partial charge >= 0.3 is 5.97 Å². The first kappa shape index (κ1) is 101. The molecule has 29 nitrogen and oxygen atoms in total. The molecule has 6 aromatic heterocycles. The molecule has 8 atom stereocenters. The van der Waals surface area contributed by atoms with Gasteiger partial charge in [-0.15, -0.1) is 0 Å². The summed E-state index contributed by atoms with van der Waals surface area (Å²) in [5.74, 6) is -5.52. The maximum absolute atomic E-state index is 14.5. The van der Waals surface area contributed by atoms with Gasteiger partial charge in [0.15, 0.2) is 0 Å². The second-order valence-corrected chi connectivity index (χ2v) is 41.8. The van der Waals surface area contributed by atoms with Crippen molar-refractivity contribution in [2.45, 2.75) is 207 Å². The number of hydrogen-bond acceptors (Lipinski definition) is 27. The number of hydrogen-bond donors (Lipinski definition) is 3. The van der Waals surface area contributed by atoms with Crippen LogP contribution in [0.1, 0.15) is 259 Å². The number of benzene rings is 6. The summed E-state index contributed by atoms with van der Waals surface area (Å²) in [6.45, 7) is 6.35. The number of amides is 2. The van der Waals surface area contributed by atoms with Gasteiger partial charge in [0.05, 0.1) is 37.6 Å². The summed E-state index contributed by atoms with van der Waals surface area (Å²) in [7, 11) is 0.